The van der Waals surface area contributed by atoms with Gasteiger partial charge in [0.2, 0.25) is 5.41 Å². The summed E-state index contributed by atoms with van der Waals surface area (Å²) in [6.45, 7) is 4.29. The number of carbonyl (C=O) groups is 2. The molecule has 0 unspecified atom stereocenters. The summed E-state index contributed by atoms with van der Waals surface area (Å²) in [7, 11) is 1.14. The number of alkyl halides is 3. The van der Waals surface area contributed by atoms with Gasteiger partial charge in [-0.25, -0.2) is 0 Å². The van der Waals surface area contributed by atoms with Gasteiger partial charge < -0.3 is 9.47 Å². The van der Waals surface area contributed by atoms with E-state index in [4.69, 9.17) is 4.74 Å². The molecule has 0 radical (unpaired) electrons. The first-order valence-corrected chi connectivity index (χ1v) is 5.53. The summed E-state index contributed by atoms with van der Waals surface area (Å²) in [4.78, 5) is 23.5. The number of ether oxygens (including phenoxy) is 2. The van der Waals surface area contributed by atoms with Crippen LogP contribution in [0.4, 0.5) is 13.2 Å². The maximum Gasteiger partial charge on any atom is 0.412 e. The van der Waals surface area contributed by atoms with E-state index in [1.54, 1.807) is 0 Å². The minimum Gasteiger partial charge on any atom is -0.501 e. The van der Waals surface area contributed by atoms with Gasteiger partial charge in [-0.15, -0.1) is 0 Å². The van der Waals surface area contributed by atoms with Crippen molar-refractivity contribution in [2.75, 3.05) is 7.11 Å². The standard InChI is InChI=1S/C12H15F3O4/c1-10(2,3)19-9(17)11(12(13,14)15)6-7(18-4)5-8(11)16/h5H,6H2,1-4H3/t11-/m1/s1. The summed E-state index contributed by atoms with van der Waals surface area (Å²) in [5.74, 6) is -3.14. The zero-order chi connectivity index (χ0) is 15.1. The van der Waals surface area contributed by atoms with E-state index in [9.17, 15) is 22.8 Å². The van der Waals surface area contributed by atoms with E-state index in [0.717, 1.165) is 7.11 Å². The van der Waals surface area contributed by atoms with Crippen molar-refractivity contribution in [1.82, 2.24) is 0 Å². The molecule has 19 heavy (non-hydrogen) atoms. The Morgan fingerprint density at radius 1 is 1.32 bits per heavy atom. The monoisotopic (exact) mass is 280 g/mol. The van der Waals surface area contributed by atoms with Crippen molar-refractivity contribution in [3.63, 3.8) is 0 Å². The van der Waals surface area contributed by atoms with Crippen LogP contribution in [-0.2, 0) is 19.1 Å². The van der Waals surface area contributed by atoms with Crippen molar-refractivity contribution in [3.05, 3.63) is 11.8 Å². The molecule has 0 bridgehead atoms. The molecule has 0 aromatic heterocycles. The normalized spacial score (nSPS) is 24.2. The second kappa shape index (κ2) is 4.54. The minimum atomic E-state index is -5.04. The highest BCUT2D eigenvalue weighted by atomic mass is 19.4. The van der Waals surface area contributed by atoms with E-state index in [1.165, 1.54) is 20.8 Å². The minimum absolute atomic E-state index is 0.187. The van der Waals surface area contributed by atoms with Crippen LogP contribution in [0.1, 0.15) is 27.2 Å². The van der Waals surface area contributed by atoms with Gasteiger partial charge in [0.05, 0.1) is 7.11 Å². The fourth-order valence-electron chi connectivity index (χ4n) is 1.69. The molecule has 4 nitrogen and oxygen atoms in total. The lowest BCUT2D eigenvalue weighted by atomic mass is 9.83. The highest BCUT2D eigenvalue weighted by molar-refractivity contribution is 6.12. The highest BCUT2D eigenvalue weighted by Gasteiger charge is 2.69. The Kier molecular flexibility index (Phi) is 3.71. The molecule has 0 saturated heterocycles. The molecule has 0 aromatic rings. The zero-order valence-corrected chi connectivity index (χ0v) is 11.1. The third-order valence-electron chi connectivity index (χ3n) is 2.65. The van der Waals surface area contributed by atoms with Crippen molar-refractivity contribution in [3.8, 4) is 0 Å². The van der Waals surface area contributed by atoms with Crippen LogP contribution >= 0.6 is 0 Å². The molecule has 0 heterocycles. The maximum atomic E-state index is 13.2. The predicted molar refractivity (Wildman–Crippen MR) is 59.0 cm³/mol. The Morgan fingerprint density at radius 2 is 1.84 bits per heavy atom. The third kappa shape index (κ3) is 2.74. The number of esters is 1. The van der Waals surface area contributed by atoms with Gasteiger partial charge in [0.1, 0.15) is 11.4 Å². The van der Waals surface area contributed by atoms with Gasteiger partial charge in [-0.05, 0) is 20.8 Å². The Labute approximate surface area is 108 Å². The summed E-state index contributed by atoms with van der Waals surface area (Å²) in [5.41, 5.74) is -4.31. The highest BCUT2D eigenvalue weighted by Crippen LogP contribution is 2.49. The predicted octanol–water partition coefficient (Wildman–Crippen LogP) is 2.38. The number of methoxy groups -OCH3 is 1. The number of hydrogen-bond donors (Lipinski definition) is 0. The molecule has 0 N–H and O–H groups in total. The molecule has 0 aromatic carbocycles. The van der Waals surface area contributed by atoms with E-state index in [-0.39, 0.29) is 5.76 Å². The molecule has 0 saturated carbocycles. The average Bonchev–Trinajstić information content (AvgIpc) is 2.52. The van der Waals surface area contributed by atoms with Gasteiger partial charge in [-0.1, -0.05) is 0 Å². The Balaban J connectivity index is 3.19. The molecule has 0 spiro atoms. The Hall–Kier alpha value is -1.53. The molecule has 108 valence electrons. The molecule has 1 aliphatic rings. The van der Waals surface area contributed by atoms with Crippen LogP contribution < -0.4 is 0 Å². The molecule has 1 rings (SSSR count). The quantitative estimate of drug-likeness (QED) is 0.575. The molecule has 1 aliphatic carbocycles. The maximum absolute atomic E-state index is 13.2. The number of hydrogen-bond acceptors (Lipinski definition) is 4. The van der Waals surface area contributed by atoms with Crippen LogP contribution in [0.3, 0.4) is 0 Å². The third-order valence-corrected chi connectivity index (χ3v) is 2.65. The molecule has 0 amide bonds. The zero-order valence-electron chi connectivity index (χ0n) is 11.1. The van der Waals surface area contributed by atoms with E-state index < -0.39 is 35.4 Å². The summed E-state index contributed by atoms with van der Waals surface area (Å²) < 4.78 is 49.0. The Morgan fingerprint density at radius 3 is 2.16 bits per heavy atom. The number of ketones is 1. The van der Waals surface area contributed by atoms with Crippen LogP contribution in [0, 0.1) is 5.41 Å². The van der Waals surface area contributed by atoms with Crippen LogP contribution in [0.25, 0.3) is 0 Å². The van der Waals surface area contributed by atoms with Crippen LogP contribution in [0.15, 0.2) is 11.8 Å². The summed E-state index contributed by atoms with van der Waals surface area (Å²) in [6, 6.07) is 0. The molecule has 1 atom stereocenters. The number of allylic oxidation sites excluding steroid dienone is 2. The van der Waals surface area contributed by atoms with E-state index in [1.807, 2.05) is 0 Å². The van der Waals surface area contributed by atoms with Crippen LogP contribution in [-0.4, -0.2) is 30.6 Å². The SMILES string of the molecule is COC1=CC(=O)[C@](C(=O)OC(C)(C)C)(C(F)(F)F)C1. The lowest BCUT2D eigenvalue weighted by Gasteiger charge is -2.31. The van der Waals surface area contributed by atoms with Gasteiger partial charge in [-0.3, -0.25) is 9.59 Å². The lowest BCUT2D eigenvalue weighted by molar-refractivity contribution is -0.232. The molecule has 7 heteroatoms. The molecule has 0 aliphatic heterocycles. The van der Waals surface area contributed by atoms with Gasteiger partial charge in [0.25, 0.3) is 0 Å². The average molecular weight is 280 g/mol. The van der Waals surface area contributed by atoms with Gasteiger partial charge >= 0.3 is 12.1 Å². The van der Waals surface area contributed by atoms with E-state index >= 15 is 0 Å². The smallest absolute Gasteiger partial charge is 0.412 e. The first kappa shape index (κ1) is 15.5. The van der Waals surface area contributed by atoms with Crippen molar-refractivity contribution in [1.29, 1.82) is 0 Å². The number of halogens is 3. The molecule has 0 fully saturated rings. The number of rotatable bonds is 2. The second-order valence-corrected chi connectivity index (χ2v) is 5.26. The lowest BCUT2D eigenvalue weighted by Crippen LogP contribution is -2.51. The van der Waals surface area contributed by atoms with Gasteiger partial charge in [-0.2, -0.15) is 13.2 Å². The fourth-order valence-corrected chi connectivity index (χ4v) is 1.69. The summed E-state index contributed by atoms with van der Waals surface area (Å²) >= 11 is 0. The largest absolute Gasteiger partial charge is 0.501 e. The van der Waals surface area contributed by atoms with Crippen LogP contribution in [0.5, 0.6) is 0 Å². The summed E-state index contributed by atoms with van der Waals surface area (Å²) in [5, 5.41) is 0. The molecular weight excluding hydrogens is 265 g/mol. The van der Waals surface area contributed by atoms with E-state index in [0.29, 0.717) is 6.08 Å². The van der Waals surface area contributed by atoms with Gasteiger partial charge in [0, 0.05) is 12.5 Å². The van der Waals surface area contributed by atoms with Crippen molar-refractivity contribution in [2.45, 2.75) is 39.0 Å². The molecular formula is C12H15F3O4. The van der Waals surface area contributed by atoms with Crippen molar-refractivity contribution in [2.24, 2.45) is 5.41 Å². The first-order valence-electron chi connectivity index (χ1n) is 5.53. The topological polar surface area (TPSA) is 52.6 Å². The van der Waals surface area contributed by atoms with E-state index in [2.05, 4.69) is 4.74 Å². The van der Waals surface area contributed by atoms with Crippen molar-refractivity contribution < 1.29 is 32.2 Å². The number of carbonyl (C=O) groups excluding carboxylic acids is 2. The first-order chi connectivity index (χ1) is 8.44. The van der Waals surface area contributed by atoms with Crippen molar-refractivity contribution >= 4 is 11.8 Å². The Bertz CT molecular complexity index is 431. The van der Waals surface area contributed by atoms with Crippen LogP contribution in [0.2, 0.25) is 0 Å². The summed E-state index contributed by atoms with van der Waals surface area (Å²) in [6.07, 6.45) is -5.21. The second-order valence-electron chi connectivity index (χ2n) is 5.26. The van der Waals surface area contributed by atoms with Gasteiger partial charge in [0.15, 0.2) is 5.78 Å². The fraction of sp³-hybridized carbons (Fsp3) is 0.667.